The summed E-state index contributed by atoms with van der Waals surface area (Å²) in [5.41, 5.74) is 0.413. The van der Waals surface area contributed by atoms with Crippen molar-refractivity contribution in [1.82, 2.24) is 9.47 Å². The molecule has 0 saturated heterocycles. The zero-order valence-electron chi connectivity index (χ0n) is 12.4. The molecule has 0 unspecified atom stereocenters. The van der Waals surface area contributed by atoms with Crippen LogP contribution in [0.15, 0.2) is 17.2 Å². The van der Waals surface area contributed by atoms with Crippen molar-refractivity contribution in [2.45, 2.75) is 57.0 Å². The Hall–Kier alpha value is -1.01. The highest BCUT2D eigenvalue weighted by Crippen LogP contribution is 2.29. The van der Waals surface area contributed by atoms with Gasteiger partial charge in [-0.2, -0.15) is 0 Å². The second-order valence-electron chi connectivity index (χ2n) is 5.42. The van der Waals surface area contributed by atoms with Crippen LogP contribution in [-0.4, -0.2) is 36.4 Å². The van der Waals surface area contributed by atoms with Crippen LogP contribution in [0.1, 0.15) is 50.0 Å². The fourth-order valence-electron chi connectivity index (χ4n) is 2.45. The molecule has 0 aromatic carbocycles. The molecular formula is C14H21ClN2O3S. The normalized spacial score (nSPS) is 15.2. The van der Waals surface area contributed by atoms with E-state index in [-0.39, 0.29) is 10.8 Å². The molecule has 5 nitrogen and oxygen atoms in total. The summed E-state index contributed by atoms with van der Waals surface area (Å²) in [7, 11) is 1.58. The molecular weight excluding hydrogens is 312 g/mol. The minimum absolute atomic E-state index is 0.00629. The fraction of sp³-hybridized carbons (Fsp3) is 0.643. The maximum atomic E-state index is 12.7. The van der Waals surface area contributed by atoms with Crippen LogP contribution in [0, 0.1) is 0 Å². The van der Waals surface area contributed by atoms with E-state index < -0.39 is 9.05 Å². The zero-order chi connectivity index (χ0) is 15.6. The van der Waals surface area contributed by atoms with Crippen molar-refractivity contribution in [2.24, 2.45) is 0 Å². The zero-order valence-corrected chi connectivity index (χ0v) is 14.0. The van der Waals surface area contributed by atoms with Gasteiger partial charge >= 0.3 is 0 Å². The molecule has 1 aromatic heterocycles. The second-order valence-corrected chi connectivity index (χ2v) is 7.99. The summed E-state index contributed by atoms with van der Waals surface area (Å²) in [5, 5.41) is 0. The number of carbonyl (C=O) groups excluding carboxylic acids is 1. The van der Waals surface area contributed by atoms with Gasteiger partial charge in [0.05, 0.1) is 0 Å². The molecule has 1 aliphatic rings. The van der Waals surface area contributed by atoms with Crippen LogP contribution in [0.25, 0.3) is 0 Å². The third kappa shape index (κ3) is 3.80. The van der Waals surface area contributed by atoms with Gasteiger partial charge in [-0.15, -0.1) is 0 Å². The summed E-state index contributed by atoms with van der Waals surface area (Å²) in [6, 6.07) is 1.70. The molecule has 1 saturated carbocycles. The minimum atomic E-state index is -3.82. The number of halogens is 1. The highest BCUT2D eigenvalue weighted by molar-refractivity contribution is 8.13. The molecule has 0 spiro atoms. The van der Waals surface area contributed by atoms with Crippen LogP contribution in [0.5, 0.6) is 0 Å². The number of nitrogens with zero attached hydrogens (tertiary/aromatic N) is 2. The Bertz CT molecular complexity index is 620. The maximum absolute atomic E-state index is 12.7. The van der Waals surface area contributed by atoms with Crippen LogP contribution in [-0.2, 0) is 15.6 Å². The molecule has 1 amide bonds. The molecule has 2 rings (SSSR count). The first-order valence-corrected chi connectivity index (χ1v) is 9.65. The van der Waals surface area contributed by atoms with E-state index in [1.54, 1.807) is 4.57 Å². The van der Waals surface area contributed by atoms with Crippen molar-refractivity contribution < 1.29 is 13.2 Å². The Balaban J connectivity index is 2.36. The Kier molecular flexibility index (Phi) is 4.99. The van der Waals surface area contributed by atoms with E-state index in [1.807, 2.05) is 18.7 Å². The number of hydrogen-bond donors (Lipinski definition) is 0. The molecule has 0 atom stereocenters. The van der Waals surface area contributed by atoms with Crippen LogP contribution in [0.2, 0.25) is 0 Å². The topological polar surface area (TPSA) is 59.4 Å². The maximum Gasteiger partial charge on any atom is 0.270 e. The van der Waals surface area contributed by atoms with Crippen molar-refractivity contribution in [3.63, 3.8) is 0 Å². The van der Waals surface area contributed by atoms with Crippen molar-refractivity contribution in [1.29, 1.82) is 0 Å². The van der Waals surface area contributed by atoms with Gasteiger partial charge in [-0.05, 0) is 31.7 Å². The number of rotatable bonds is 7. The first kappa shape index (κ1) is 16.4. The average molecular weight is 333 g/mol. The number of aromatic nitrogens is 1. The van der Waals surface area contributed by atoms with Crippen molar-refractivity contribution in [3.05, 3.63) is 18.0 Å². The quantitative estimate of drug-likeness (QED) is 0.721. The summed E-state index contributed by atoms with van der Waals surface area (Å²) in [5.74, 6) is -0.0978. The molecule has 118 valence electrons. The number of amides is 1. The van der Waals surface area contributed by atoms with Crippen LogP contribution < -0.4 is 0 Å². The highest BCUT2D eigenvalue weighted by atomic mass is 35.7. The van der Waals surface area contributed by atoms with Gasteiger partial charge in [-0.1, -0.05) is 13.8 Å². The van der Waals surface area contributed by atoms with E-state index in [1.165, 1.54) is 12.3 Å². The van der Waals surface area contributed by atoms with Crippen molar-refractivity contribution in [2.75, 3.05) is 6.54 Å². The average Bonchev–Trinajstić information content (AvgIpc) is 3.14. The van der Waals surface area contributed by atoms with Gasteiger partial charge in [0.1, 0.15) is 10.6 Å². The molecule has 1 fully saturated rings. The summed E-state index contributed by atoms with van der Waals surface area (Å²) in [6.07, 6.45) is 5.21. The first-order chi connectivity index (χ1) is 9.88. The monoisotopic (exact) mass is 332 g/mol. The van der Waals surface area contributed by atoms with E-state index in [0.717, 1.165) is 25.7 Å². The molecule has 1 heterocycles. The number of aryl methyl sites for hydroxylation is 1. The Labute approximate surface area is 130 Å². The largest absolute Gasteiger partial charge is 0.342 e. The Morgan fingerprint density at radius 2 is 2.05 bits per heavy atom. The lowest BCUT2D eigenvalue weighted by Crippen LogP contribution is -2.35. The summed E-state index contributed by atoms with van der Waals surface area (Å²) in [4.78, 5) is 14.6. The summed E-state index contributed by atoms with van der Waals surface area (Å²) >= 11 is 0. The smallest absolute Gasteiger partial charge is 0.270 e. The Morgan fingerprint density at radius 1 is 1.38 bits per heavy atom. The lowest BCUT2D eigenvalue weighted by molar-refractivity contribution is 0.0732. The molecule has 7 heteroatoms. The van der Waals surface area contributed by atoms with Crippen LogP contribution >= 0.6 is 10.7 Å². The van der Waals surface area contributed by atoms with Gasteiger partial charge in [0.2, 0.25) is 0 Å². The van der Waals surface area contributed by atoms with E-state index in [0.29, 0.717) is 24.8 Å². The predicted molar refractivity (Wildman–Crippen MR) is 82.1 cm³/mol. The van der Waals surface area contributed by atoms with Crippen LogP contribution in [0.4, 0.5) is 0 Å². The van der Waals surface area contributed by atoms with Gasteiger partial charge in [-0.3, -0.25) is 4.79 Å². The van der Waals surface area contributed by atoms with Crippen molar-refractivity contribution >= 4 is 25.6 Å². The Morgan fingerprint density at radius 3 is 2.52 bits per heavy atom. The second kappa shape index (κ2) is 6.40. The minimum Gasteiger partial charge on any atom is -0.342 e. The van der Waals surface area contributed by atoms with E-state index >= 15 is 0 Å². The number of carbonyl (C=O) groups is 1. The lowest BCUT2D eigenvalue weighted by atomic mass is 10.3. The lowest BCUT2D eigenvalue weighted by Gasteiger charge is -2.22. The van der Waals surface area contributed by atoms with E-state index in [2.05, 4.69) is 0 Å². The third-order valence-corrected chi connectivity index (χ3v) is 4.87. The molecule has 0 bridgehead atoms. The summed E-state index contributed by atoms with van der Waals surface area (Å²) < 4.78 is 24.7. The van der Waals surface area contributed by atoms with Gasteiger partial charge < -0.3 is 9.47 Å². The van der Waals surface area contributed by atoms with Gasteiger partial charge in [0.25, 0.3) is 15.0 Å². The van der Waals surface area contributed by atoms with Gasteiger partial charge in [0, 0.05) is 36.0 Å². The highest BCUT2D eigenvalue weighted by Gasteiger charge is 2.34. The fourth-order valence-corrected chi connectivity index (χ4v) is 3.20. The molecule has 0 N–H and O–H groups in total. The molecule has 1 aromatic rings. The SMILES string of the molecule is CCCN(C(=O)c1cc(S(=O)(=O)Cl)cn1CCC)C1CC1. The molecule has 1 aliphatic carbocycles. The molecule has 0 radical (unpaired) electrons. The third-order valence-electron chi connectivity index (χ3n) is 3.55. The van der Waals surface area contributed by atoms with Gasteiger partial charge in [0.15, 0.2) is 0 Å². The van der Waals surface area contributed by atoms with Gasteiger partial charge in [-0.25, -0.2) is 8.42 Å². The predicted octanol–water partition coefficient (Wildman–Crippen LogP) is 2.84. The van der Waals surface area contributed by atoms with Crippen molar-refractivity contribution in [3.8, 4) is 0 Å². The first-order valence-electron chi connectivity index (χ1n) is 7.34. The van der Waals surface area contributed by atoms with Crippen LogP contribution in [0.3, 0.4) is 0 Å². The van der Waals surface area contributed by atoms with E-state index in [4.69, 9.17) is 10.7 Å². The number of hydrogen-bond acceptors (Lipinski definition) is 3. The standard InChI is InChI=1S/C14H21ClN2O3S/c1-3-7-16-10-12(21(15,19)20)9-13(16)14(18)17(8-4-2)11-5-6-11/h9-11H,3-8H2,1-2H3. The molecule has 21 heavy (non-hydrogen) atoms. The van der Waals surface area contributed by atoms with E-state index in [9.17, 15) is 13.2 Å². The summed E-state index contributed by atoms with van der Waals surface area (Å²) in [6.45, 7) is 5.30. The molecule has 0 aliphatic heterocycles.